The lowest BCUT2D eigenvalue weighted by molar-refractivity contribution is 0.225. The monoisotopic (exact) mass is 304 g/mol. The van der Waals surface area contributed by atoms with E-state index in [-0.39, 0.29) is 24.6 Å². The van der Waals surface area contributed by atoms with Crippen LogP contribution in [-0.4, -0.2) is 24.3 Å². The van der Waals surface area contributed by atoms with Gasteiger partial charge in [0, 0.05) is 13.2 Å². The first-order valence-corrected chi connectivity index (χ1v) is 8.41. The molecule has 2 rings (SSSR count). The number of aliphatic hydroxyl groups excluding tert-OH is 1. The Balaban J connectivity index is 1.93. The van der Waals surface area contributed by atoms with E-state index in [2.05, 4.69) is 22.8 Å². The molecular formula is C18H28N2O2. The van der Waals surface area contributed by atoms with Gasteiger partial charge in [-0.1, -0.05) is 50.1 Å². The lowest BCUT2D eigenvalue weighted by atomic mass is 9.92. The van der Waals surface area contributed by atoms with E-state index in [1.165, 1.54) is 31.2 Å². The lowest BCUT2D eigenvalue weighted by Gasteiger charge is -2.25. The molecule has 1 aliphatic carbocycles. The largest absolute Gasteiger partial charge is 0.396 e. The highest BCUT2D eigenvalue weighted by molar-refractivity contribution is 5.74. The highest BCUT2D eigenvalue weighted by Crippen LogP contribution is 2.35. The molecule has 3 N–H and O–H groups in total. The summed E-state index contributed by atoms with van der Waals surface area (Å²) >= 11 is 0. The van der Waals surface area contributed by atoms with Gasteiger partial charge in [-0.25, -0.2) is 4.79 Å². The first kappa shape index (κ1) is 16.8. The summed E-state index contributed by atoms with van der Waals surface area (Å²) in [7, 11) is 0. The molecule has 4 heteroatoms. The molecule has 1 aromatic carbocycles. The summed E-state index contributed by atoms with van der Waals surface area (Å²) < 4.78 is 0. The second-order valence-corrected chi connectivity index (χ2v) is 6.40. The van der Waals surface area contributed by atoms with Gasteiger partial charge in [0.25, 0.3) is 0 Å². The van der Waals surface area contributed by atoms with Crippen LogP contribution in [0.4, 0.5) is 4.79 Å². The molecule has 1 aromatic rings. The van der Waals surface area contributed by atoms with Gasteiger partial charge >= 0.3 is 6.03 Å². The summed E-state index contributed by atoms with van der Waals surface area (Å²) in [4.78, 5) is 12.2. The van der Waals surface area contributed by atoms with E-state index in [1.54, 1.807) is 0 Å². The van der Waals surface area contributed by atoms with Crippen LogP contribution in [0.1, 0.15) is 50.6 Å². The molecule has 1 aliphatic rings. The van der Waals surface area contributed by atoms with E-state index in [0.717, 1.165) is 0 Å². The summed E-state index contributed by atoms with van der Waals surface area (Å²) in [5, 5.41) is 15.0. The van der Waals surface area contributed by atoms with Crippen LogP contribution < -0.4 is 10.6 Å². The number of urea groups is 1. The number of rotatable bonds is 7. The van der Waals surface area contributed by atoms with Crippen molar-refractivity contribution in [2.75, 3.05) is 13.2 Å². The van der Waals surface area contributed by atoms with E-state index >= 15 is 0 Å². The van der Waals surface area contributed by atoms with Crippen molar-refractivity contribution in [1.29, 1.82) is 0 Å². The molecule has 22 heavy (non-hydrogen) atoms. The SMILES string of the molecule is CC(CCO)CNC(=O)NC(c1ccccc1)C1CCCC1. The average molecular weight is 304 g/mol. The minimum absolute atomic E-state index is 0.0943. The Bertz CT molecular complexity index is 444. The van der Waals surface area contributed by atoms with E-state index in [0.29, 0.717) is 18.9 Å². The maximum atomic E-state index is 12.2. The Morgan fingerprint density at radius 2 is 1.95 bits per heavy atom. The Morgan fingerprint density at radius 3 is 2.59 bits per heavy atom. The molecule has 0 aliphatic heterocycles. The van der Waals surface area contributed by atoms with Gasteiger partial charge in [-0.3, -0.25) is 0 Å². The number of benzene rings is 1. The Hall–Kier alpha value is -1.55. The number of carbonyl (C=O) groups excluding carboxylic acids is 1. The minimum Gasteiger partial charge on any atom is -0.396 e. The number of carbonyl (C=O) groups is 1. The van der Waals surface area contributed by atoms with Gasteiger partial charge in [-0.2, -0.15) is 0 Å². The standard InChI is InChI=1S/C18H28N2O2/c1-14(11-12-21)13-19-18(22)20-17(16-9-5-6-10-16)15-7-3-2-4-8-15/h2-4,7-8,14,16-17,21H,5-6,9-13H2,1H3,(H2,19,20,22). The molecule has 0 saturated heterocycles. The van der Waals surface area contributed by atoms with Crippen molar-refractivity contribution in [1.82, 2.24) is 10.6 Å². The predicted molar refractivity (Wildman–Crippen MR) is 88.5 cm³/mol. The van der Waals surface area contributed by atoms with Crippen LogP contribution >= 0.6 is 0 Å². The molecule has 122 valence electrons. The van der Waals surface area contributed by atoms with Crippen molar-refractivity contribution in [3.05, 3.63) is 35.9 Å². The van der Waals surface area contributed by atoms with Crippen LogP contribution in [0.5, 0.6) is 0 Å². The Kier molecular flexibility index (Phi) is 6.72. The first-order chi connectivity index (χ1) is 10.7. The van der Waals surface area contributed by atoms with E-state index in [9.17, 15) is 4.79 Å². The van der Waals surface area contributed by atoms with Crippen molar-refractivity contribution in [3.8, 4) is 0 Å². The van der Waals surface area contributed by atoms with Crippen molar-refractivity contribution >= 4 is 6.03 Å². The summed E-state index contributed by atoms with van der Waals surface area (Å²) in [5.41, 5.74) is 1.19. The van der Waals surface area contributed by atoms with Crippen LogP contribution in [0.3, 0.4) is 0 Å². The van der Waals surface area contributed by atoms with Gasteiger partial charge in [0.15, 0.2) is 0 Å². The fourth-order valence-corrected chi connectivity index (χ4v) is 3.21. The molecule has 1 saturated carbocycles. The molecule has 2 amide bonds. The van der Waals surface area contributed by atoms with Crippen molar-refractivity contribution < 1.29 is 9.90 Å². The maximum Gasteiger partial charge on any atom is 0.315 e. The molecule has 4 nitrogen and oxygen atoms in total. The van der Waals surface area contributed by atoms with Crippen LogP contribution in [-0.2, 0) is 0 Å². The number of nitrogens with one attached hydrogen (secondary N) is 2. The third-order valence-electron chi connectivity index (χ3n) is 4.55. The third kappa shape index (κ3) is 5.02. The van der Waals surface area contributed by atoms with Gasteiger partial charge in [0.2, 0.25) is 0 Å². The molecule has 1 fully saturated rings. The second-order valence-electron chi connectivity index (χ2n) is 6.40. The topological polar surface area (TPSA) is 61.4 Å². The van der Waals surface area contributed by atoms with E-state index in [1.807, 2.05) is 25.1 Å². The number of aliphatic hydroxyl groups is 1. The zero-order valence-corrected chi connectivity index (χ0v) is 13.4. The molecule has 2 unspecified atom stereocenters. The molecule has 0 spiro atoms. The van der Waals surface area contributed by atoms with Crippen molar-refractivity contribution in [2.45, 2.75) is 45.1 Å². The quantitative estimate of drug-likeness (QED) is 0.724. The number of hydrogen-bond acceptors (Lipinski definition) is 2. The summed E-state index contributed by atoms with van der Waals surface area (Å²) in [6.45, 7) is 2.79. The molecular weight excluding hydrogens is 276 g/mol. The summed E-state index contributed by atoms with van der Waals surface area (Å²) in [6, 6.07) is 10.2. The smallest absolute Gasteiger partial charge is 0.315 e. The normalized spacial score (nSPS) is 17.9. The maximum absolute atomic E-state index is 12.2. The van der Waals surface area contributed by atoms with Crippen molar-refractivity contribution in [3.63, 3.8) is 0 Å². The summed E-state index contributed by atoms with van der Waals surface area (Å²) in [5.74, 6) is 0.820. The number of amides is 2. The van der Waals surface area contributed by atoms with Crippen LogP contribution in [0.25, 0.3) is 0 Å². The molecule has 0 bridgehead atoms. The zero-order chi connectivity index (χ0) is 15.8. The third-order valence-corrected chi connectivity index (χ3v) is 4.55. The summed E-state index contributed by atoms with van der Waals surface area (Å²) in [6.07, 6.45) is 5.59. The van der Waals surface area contributed by atoms with Crippen LogP contribution in [0, 0.1) is 11.8 Å². The number of hydrogen-bond donors (Lipinski definition) is 3. The minimum atomic E-state index is -0.106. The molecule has 2 atom stereocenters. The predicted octanol–water partition coefficient (Wildman–Crippen LogP) is 3.24. The Morgan fingerprint density at radius 1 is 1.27 bits per heavy atom. The highest BCUT2D eigenvalue weighted by atomic mass is 16.3. The molecule has 0 heterocycles. The van der Waals surface area contributed by atoms with Gasteiger partial charge < -0.3 is 15.7 Å². The van der Waals surface area contributed by atoms with Crippen LogP contribution in [0.2, 0.25) is 0 Å². The van der Waals surface area contributed by atoms with E-state index in [4.69, 9.17) is 5.11 Å². The van der Waals surface area contributed by atoms with Crippen LogP contribution in [0.15, 0.2) is 30.3 Å². The molecule has 0 aromatic heterocycles. The molecule has 0 radical (unpaired) electrons. The lowest BCUT2D eigenvalue weighted by Crippen LogP contribution is -2.41. The fraction of sp³-hybridized carbons (Fsp3) is 0.611. The average Bonchev–Trinajstić information content (AvgIpc) is 3.06. The first-order valence-electron chi connectivity index (χ1n) is 8.41. The van der Waals surface area contributed by atoms with Gasteiger partial charge in [0.1, 0.15) is 0 Å². The highest BCUT2D eigenvalue weighted by Gasteiger charge is 2.27. The Labute approximate surface area is 133 Å². The van der Waals surface area contributed by atoms with E-state index < -0.39 is 0 Å². The zero-order valence-electron chi connectivity index (χ0n) is 13.4. The fourth-order valence-electron chi connectivity index (χ4n) is 3.21. The van der Waals surface area contributed by atoms with Gasteiger partial charge in [0.05, 0.1) is 6.04 Å². The van der Waals surface area contributed by atoms with Gasteiger partial charge in [-0.15, -0.1) is 0 Å². The van der Waals surface area contributed by atoms with Crippen molar-refractivity contribution in [2.24, 2.45) is 11.8 Å². The van der Waals surface area contributed by atoms with Gasteiger partial charge in [-0.05, 0) is 36.7 Å². The second kappa shape index (κ2) is 8.79.